The van der Waals surface area contributed by atoms with Crippen molar-refractivity contribution in [3.8, 4) is 17.2 Å². The van der Waals surface area contributed by atoms with Crippen LogP contribution in [0.2, 0.25) is 0 Å². The lowest BCUT2D eigenvalue weighted by molar-refractivity contribution is -0.113. The minimum atomic E-state index is -0.281. The Morgan fingerprint density at radius 1 is 1.14 bits per heavy atom. The van der Waals surface area contributed by atoms with Crippen molar-refractivity contribution in [2.45, 2.75) is 38.6 Å². The van der Waals surface area contributed by atoms with Gasteiger partial charge in [0.15, 0.2) is 11.5 Å². The third kappa shape index (κ3) is 2.69. The molecule has 0 aliphatic carbocycles. The molecule has 0 saturated carbocycles. The number of methoxy groups -OCH3 is 1. The number of anilines is 1. The molecule has 150 valence electrons. The predicted octanol–water partition coefficient (Wildman–Crippen LogP) is 4.22. The van der Waals surface area contributed by atoms with Crippen molar-refractivity contribution in [2.75, 3.05) is 25.2 Å². The molecule has 2 aromatic carbocycles. The van der Waals surface area contributed by atoms with Crippen molar-refractivity contribution in [3.05, 3.63) is 41.5 Å². The Hall–Kier alpha value is -3.02. The second kappa shape index (κ2) is 6.24. The third-order valence-electron chi connectivity index (χ3n) is 5.94. The summed E-state index contributed by atoms with van der Waals surface area (Å²) in [5, 5.41) is 0. The van der Waals surface area contributed by atoms with Gasteiger partial charge in [0.1, 0.15) is 24.7 Å². The first-order valence-electron chi connectivity index (χ1n) is 9.94. The number of amides is 1. The summed E-state index contributed by atoms with van der Waals surface area (Å²) < 4.78 is 16.8. The van der Waals surface area contributed by atoms with Crippen LogP contribution >= 0.6 is 0 Å². The number of rotatable bonds is 2. The van der Waals surface area contributed by atoms with E-state index in [9.17, 15) is 4.79 Å². The lowest BCUT2D eigenvalue weighted by atomic mass is 9.80. The molecule has 0 spiro atoms. The molecule has 5 rings (SSSR count). The molecule has 0 radical (unpaired) electrons. The average molecular weight is 392 g/mol. The number of carbonyl (C=O) groups excluding carboxylic acids is 1. The molecule has 0 saturated heterocycles. The summed E-state index contributed by atoms with van der Waals surface area (Å²) >= 11 is 0. The molecular formula is C23H24N2O4. The number of hydrogen-bond acceptors (Lipinski definition) is 5. The maximum Gasteiger partial charge on any atom is 0.278 e. The van der Waals surface area contributed by atoms with Gasteiger partial charge in [0.25, 0.3) is 5.91 Å². The third-order valence-corrected chi connectivity index (χ3v) is 5.94. The molecule has 0 N–H and O–H groups in total. The first kappa shape index (κ1) is 18.0. The molecule has 1 atom stereocenters. The zero-order valence-corrected chi connectivity index (χ0v) is 17.1. The summed E-state index contributed by atoms with van der Waals surface area (Å²) in [5.74, 6) is 2.37. The van der Waals surface area contributed by atoms with E-state index in [1.165, 1.54) is 0 Å². The van der Waals surface area contributed by atoms with E-state index in [4.69, 9.17) is 19.2 Å². The smallest absolute Gasteiger partial charge is 0.278 e. The first-order chi connectivity index (χ1) is 13.9. The monoisotopic (exact) mass is 392 g/mol. The summed E-state index contributed by atoms with van der Waals surface area (Å²) in [5.41, 5.74) is 3.77. The summed E-state index contributed by atoms with van der Waals surface area (Å²) in [7, 11) is 1.65. The predicted molar refractivity (Wildman–Crippen MR) is 111 cm³/mol. The van der Waals surface area contributed by atoms with Gasteiger partial charge in [-0.15, -0.1) is 0 Å². The molecular weight excluding hydrogens is 368 g/mol. The van der Waals surface area contributed by atoms with E-state index in [-0.39, 0.29) is 11.4 Å². The van der Waals surface area contributed by atoms with E-state index in [2.05, 4.69) is 20.8 Å². The van der Waals surface area contributed by atoms with Crippen molar-refractivity contribution in [1.29, 1.82) is 0 Å². The lowest BCUT2D eigenvalue weighted by Gasteiger charge is -2.43. The van der Waals surface area contributed by atoms with Gasteiger partial charge in [-0.2, -0.15) is 0 Å². The van der Waals surface area contributed by atoms with Crippen LogP contribution in [-0.4, -0.2) is 37.5 Å². The number of ether oxygens (including phenoxy) is 3. The molecule has 1 unspecified atom stereocenters. The Labute approximate surface area is 170 Å². The standard InChI is InChI=1S/C23H24N2O4/c1-13-12-23(2,3)25-21-16(13)10-15(27-4)11-17(21)20(22(25)26)24-14-5-6-18-19(9-14)29-8-7-28-18/h5-6,9-11,13H,7-8,12H2,1-4H3. The highest BCUT2D eigenvalue weighted by Gasteiger charge is 2.48. The number of benzene rings is 2. The van der Waals surface area contributed by atoms with Gasteiger partial charge >= 0.3 is 0 Å². The quantitative estimate of drug-likeness (QED) is 0.768. The van der Waals surface area contributed by atoms with Crippen LogP contribution in [0, 0.1) is 0 Å². The van der Waals surface area contributed by atoms with Gasteiger partial charge in [0.2, 0.25) is 0 Å². The van der Waals surface area contributed by atoms with Crippen molar-refractivity contribution in [1.82, 2.24) is 0 Å². The average Bonchev–Trinajstić information content (AvgIpc) is 2.98. The Balaban J connectivity index is 1.69. The summed E-state index contributed by atoms with van der Waals surface area (Å²) in [6.45, 7) is 7.48. The fourth-order valence-electron chi connectivity index (χ4n) is 4.74. The van der Waals surface area contributed by atoms with Crippen molar-refractivity contribution in [3.63, 3.8) is 0 Å². The van der Waals surface area contributed by atoms with Crippen LogP contribution in [0.1, 0.15) is 44.2 Å². The highest BCUT2D eigenvalue weighted by atomic mass is 16.6. The zero-order valence-electron chi connectivity index (χ0n) is 17.1. The summed E-state index contributed by atoms with van der Waals surface area (Å²) in [4.78, 5) is 20.2. The second-order valence-corrected chi connectivity index (χ2v) is 8.46. The van der Waals surface area contributed by atoms with Crippen LogP contribution in [0.15, 0.2) is 35.3 Å². The zero-order chi connectivity index (χ0) is 20.3. The fraction of sp³-hybridized carbons (Fsp3) is 0.391. The lowest BCUT2D eigenvalue weighted by Crippen LogP contribution is -2.50. The summed E-state index contributed by atoms with van der Waals surface area (Å²) in [6.07, 6.45) is 0.885. The molecule has 2 aromatic rings. The highest BCUT2D eigenvalue weighted by molar-refractivity contribution is 6.55. The second-order valence-electron chi connectivity index (χ2n) is 8.46. The fourth-order valence-corrected chi connectivity index (χ4v) is 4.74. The van der Waals surface area contributed by atoms with Gasteiger partial charge in [-0.1, -0.05) is 6.92 Å². The minimum absolute atomic E-state index is 0.0682. The Morgan fingerprint density at radius 3 is 2.66 bits per heavy atom. The van der Waals surface area contributed by atoms with E-state index in [0.717, 1.165) is 29.0 Å². The number of fused-ring (bicyclic) bond motifs is 1. The molecule has 3 heterocycles. The van der Waals surface area contributed by atoms with E-state index >= 15 is 0 Å². The number of hydrogen-bond donors (Lipinski definition) is 0. The maximum atomic E-state index is 13.5. The van der Waals surface area contributed by atoms with E-state index in [0.29, 0.717) is 42.0 Å². The molecule has 1 amide bonds. The maximum absolute atomic E-state index is 13.5. The first-order valence-corrected chi connectivity index (χ1v) is 9.94. The molecule has 0 fully saturated rings. The number of aliphatic imine (C=N–C) groups is 1. The largest absolute Gasteiger partial charge is 0.497 e. The van der Waals surface area contributed by atoms with E-state index < -0.39 is 0 Å². The topological polar surface area (TPSA) is 60.4 Å². The van der Waals surface area contributed by atoms with Gasteiger partial charge in [-0.05, 0) is 56.0 Å². The molecule has 0 bridgehead atoms. The van der Waals surface area contributed by atoms with Gasteiger partial charge in [-0.3, -0.25) is 4.79 Å². The van der Waals surface area contributed by atoms with Gasteiger partial charge in [0.05, 0.1) is 18.5 Å². The summed E-state index contributed by atoms with van der Waals surface area (Å²) in [6, 6.07) is 9.48. The van der Waals surface area contributed by atoms with Crippen molar-refractivity contribution < 1.29 is 19.0 Å². The van der Waals surface area contributed by atoms with Crippen LogP contribution < -0.4 is 19.1 Å². The normalized spacial score (nSPS) is 22.6. The van der Waals surface area contributed by atoms with Gasteiger partial charge < -0.3 is 19.1 Å². The molecule has 6 nitrogen and oxygen atoms in total. The minimum Gasteiger partial charge on any atom is -0.497 e. The van der Waals surface area contributed by atoms with Crippen molar-refractivity contribution >= 4 is 23.0 Å². The van der Waals surface area contributed by atoms with Crippen LogP contribution in [0.5, 0.6) is 17.2 Å². The molecule has 6 heteroatoms. The van der Waals surface area contributed by atoms with Crippen LogP contribution in [0.3, 0.4) is 0 Å². The molecule has 0 aromatic heterocycles. The van der Waals surface area contributed by atoms with Crippen molar-refractivity contribution in [2.24, 2.45) is 4.99 Å². The molecule has 3 aliphatic heterocycles. The number of nitrogens with zero attached hydrogens (tertiary/aromatic N) is 2. The van der Waals surface area contributed by atoms with E-state index in [1.54, 1.807) is 7.11 Å². The highest BCUT2D eigenvalue weighted by Crippen LogP contribution is 2.50. The van der Waals surface area contributed by atoms with Crippen LogP contribution in [0.4, 0.5) is 11.4 Å². The van der Waals surface area contributed by atoms with Crippen LogP contribution in [-0.2, 0) is 4.79 Å². The van der Waals surface area contributed by atoms with E-state index in [1.807, 2.05) is 35.2 Å². The Kier molecular flexibility index (Phi) is 3.88. The van der Waals surface area contributed by atoms with Gasteiger partial charge in [0, 0.05) is 17.2 Å². The molecule has 3 aliphatic rings. The number of carbonyl (C=O) groups is 1. The SMILES string of the molecule is COc1cc2c3c(c1)C(C)CC(C)(C)N3C(=O)C2=Nc1ccc2c(c1)OCCO2. The van der Waals surface area contributed by atoms with Crippen LogP contribution in [0.25, 0.3) is 0 Å². The molecule has 29 heavy (non-hydrogen) atoms. The van der Waals surface area contributed by atoms with Gasteiger partial charge in [-0.25, -0.2) is 4.99 Å². The Morgan fingerprint density at radius 2 is 1.90 bits per heavy atom. The Bertz CT molecular complexity index is 1060.